The molecule has 0 aromatic carbocycles. The van der Waals surface area contributed by atoms with Crippen molar-refractivity contribution in [3.05, 3.63) is 0 Å². The summed E-state index contributed by atoms with van der Waals surface area (Å²) in [6, 6.07) is -3.95. The van der Waals surface area contributed by atoms with Gasteiger partial charge in [-0.3, -0.25) is 19.2 Å². The summed E-state index contributed by atoms with van der Waals surface area (Å²) in [5, 5.41) is 10.8. The molecule has 1 aliphatic carbocycles. The van der Waals surface area contributed by atoms with E-state index < -0.39 is 74.6 Å². The van der Waals surface area contributed by atoms with Crippen molar-refractivity contribution in [3.63, 3.8) is 0 Å². The first kappa shape index (κ1) is 35.7. The van der Waals surface area contributed by atoms with E-state index >= 15 is 0 Å². The summed E-state index contributed by atoms with van der Waals surface area (Å²) in [6.07, 6.45) is 3.02. The lowest BCUT2D eigenvalue weighted by Crippen LogP contribution is -2.62. The molecule has 0 radical (unpaired) electrons. The van der Waals surface area contributed by atoms with Crippen LogP contribution in [0.15, 0.2) is 0 Å². The summed E-state index contributed by atoms with van der Waals surface area (Å²) in [6.45, 7) is 14.0. The molecule has 0 aromatic rings. The van der Waals surface area contributed by atoms with E-state index in [1.807, 2.05) is 48.5 Å². The third-order valence-electron chi connectivity index (χ3n) is 9.19. The summed E-state index contributed by atoms with van der Waals surface area (Å²) in [7, 11) is -2.02. The lowest BCUT2D eigenvalue weighted by molar-refractivity contribution is -0.144. The van der Waals surface area contributed by atoms with Crippen molar-refractivity contribution in [2.75, 3.05) is 32.4 Å². The van der Waals surface area contributed by atoms with Gasteiger partial charge in [0.25, 0.3) is 5.91 Å². The molecule has 14 heteroatoms. The largest absolute Gasteiger partial charge is 0.353 e. The fourth-order valence-corrected chi connectivity index (χ4v) is 7.81. The Morgan fingerprint density at radius 3 is 2.07 bits per heavy atom. The molecule has 2 aliphatic heterocycles. The number of carbonyl (C=O) groups is 5. The number of nitrogens with one attached hydrogen (secondary N) is 4. The highest BCUT2D eigenvalue weighted by molar-refractivity contribution is 7.89. The van der Waals surface area contributed by atoms with Crippen LogP contribution in [0.3, 0.4) is 0 Å². The zero-order valence-corrected chi connectivity index (χ0v) is 28.3. The number of sulfonamides is 1. The van der Waals surface area contributed by atoms with Crippen molar-refractivity contribution < 1.29 is 32.4 Å². The molecular weight excluding hydrogens is 588 g/mol. The monoisotopic (exact) mass is 640 g/mol. The number of ketones is 1. The summed E-state index contributed by atoms with van der Waals surface area (Å²) in [5.41, 5.74) is -1.21. The van der Waals surface area contributed by atoms with Crippen LogP contribution in [0.1, 0.15) is 80.6 Å². The van der Waals surface area contributed by atoms with Crippen LogP contribution >= 0.6 is 0 Å². The van der Waals surface area contributed by atoms with Crippen molar-refractivity contribution >= 4 is 39.6 Å². The van der Waals surface area contributed by atoms with Crippen molar-refractivity contribution in [2.24, 2.45) is 22.7 Å². The van der Waals surface area contributed by atoms with Gasteiger partial charge in [0, 0.05) is 32.7 Å². The third-order valence-corrected chi connectivity index (χ3v) is 11.1. The van der Waals surface area contributed by atoms with Gasteiger partial charge in [-0.25, -0.2) is 13.2 Å². The SMILES string of the molecule is CCCC(NC(=O)[C@@H]1[C@H]2CC[C@H]2CN1C(=O)[C@@H](NC(=O)N[C@H](CN1CCCS1(=O)=O)C(C)(C)C)C(C)(C)C)C(=O)C(=O)NC. The van der Waals surface area contributed by atoms with Gasteiger partial charge in [0.15, 0.2) is 0 Å². The van der Waals surface area contributed by atoms with Gasteiger partial charge in [0.1, 0.15) is 12.1 Å². The Kier molecular flexibility index (Phi) is 11.1. The van der Waals surface area contributed by atoms with Crippen LogP contribution in [0.4, 0.5) is 4.79 Å². The predicted molar refractivity (Wildman–Crippen MR) is 166 cm³/mol. The molecule has 1 saturated carbocycles. The Hall–Kier alpha value is -2.74. The topological polar surface area (TPSA) is 174 Å². The number of likely N-dealkylation sites (N-methyl/N-ethyl adjacent to an activating group) is 1. The summed E-state index contributed by atoms with van der Waals surface area (Å²) in [5.74, 6) is -2.25. The average Bonchev–Trinajstić information content (AvgIpc) is 3.37. The Morgan fingerprint density at radius 1 is 0.932 bits per heavy atom. The first-order valence-electron chi connectivity index (χ1n) is 15.7. The minimum Gasteiger partial charge on any atom is -0.353 e. The molecule has 0 aromatic heterocycles. The van der Waals surface area contributed by atoms with Crippen LogP contribution in [0.25, 0.3) is 0 Å². The first-order chi connectivity index (χ1) is 20.3. The molecule has 0 bridgehead atoms. The van der Waals surface area contributed by atoms with E-state index in [-0.39, 0.29) is 30.6 Å². The molecule has 250 valence electrons. The highest BCUT2D eigenvalue weighted by atomic mass is 32.2. The summed E-state index contributed by atoms with van der Waals surface area (Å²) in [4.78, 5) is 67.5. The molecule has 4 N–H and O–H groups in total. The number of nitrogens with zero attached hydrogens (tertiary/aromatic N) is 2. The van der Waals surface area contributed by atoms with E-state index in [2.05, 4.69) is 21.3 Å². The Morgan fingerprint density at radius 2 is 1.59 bits per heavy atom. The maximum Gasteiger partial charge on any atom is 0.315 e. The van der Waals surface area contributed by atoms with Crippen LogP contribution in [0, 0.1) is 22.7 Å². The van der Waals surface area contributed by atoms with Crippen molar-refractivity contribution in [1.29, 1.82) is 0 Å². The smallest absolute Gasteiger partial charge is 0.315 e. The highest BCUT2D eigenvalue weighted by Crippen LogP contribution is 2.45. The van der Waals surface area contributed by atoms with E-state index in [1.165, 1.54) is 16.3 Å². The molecule has 2 heterocycles. The van der Waals surface area contributed by atoms with Gasteiger partial charge in [-0.1, -0.05) is 54.9 Å². The number of urea groups is 1. The molecule has 3 aliphatic rings. The van der Waals surface area contributed by atoms with Crippen LogP contribution in [-0.2, 0) is 29.2 Å². The van der Waals surface area contributed by atoms with Crippen molar-refractivity contribution in [3.8, 4) is 0 Å². The normalized spacial score (nSPS) is 25.2. The summed E-state index contributed by atoms with van der Waals surface area (Å²) >= 11 is 0. The first-order valence-corrected chi connectivity index (χ1v) is 17.3. The van der Waals surface area contributed by atoms with Gasteiger partial charge in [-0.15, -0.1) is 0 Å². The van der Waals surface area contributed by atoms with E-state index in [0.717, 1.165) is 12.8 Å². The standard InChI is InChI=1S/C30H52N6O7S/c1-9-11-20(23(37)26(39)31-8)32-25(38)22-19-13-12-18(19)16-36(22)27(40)24(30(5,6)7)34-28(41)33-21(29(2,3)4)17-35-14-10-15-44(35,42)43/h18-22,24H,9-17H2,1-8H3,(H,31,39)(H,32,38)(H2,33,34,41)/t18-,19-,20?,21+,22-,24+/m0/s1. The molecule has 13 nitrogen and oxygen atoms in total. The molecule has 44 heavy (non-hydrogen) atoms. The van der Waals surface area contributed by atoms with E-state index in [4.69, 9.17) is 0 Å². The van der Waals surface area contributed by atoms with Crippen LogP contribution in [0.2, 0.25) is 0 Å². The molecular formula is C30H52N6O7S. The van der Waals surface area contributed by atoms with E-state index in [9.17, 15) is 32.4 Å². The van der Waals surface area contributed by atoms with Crippen molar-refractivity contribution in [2.45, 2.75) is 105 Å². The molecule has 2 saturated heterocycles. The Balaban J connectivity index is 1.80. The minimum absolute atomic E-state index is 0.0709. The second-order valence-corrected chi connectivity index (χ2v) is 16.7. The number of fused-ring (bicyclic) bond motifs is 1. The fourth-order valence-electron chi connectivity index (χ4n) is 6.28. The number of carbonyl (C=O) groups excluding carboxylic acids is 5. The number of amides is 5. The van der Waals surface area contributed by atoms with Gasteiger partial charge in [0.2, 0.25) is 27.6 Å². The highest BCUT2D eigenvalue weighted by Gasteiger charge is 2.54. The van der Waals surface area contributed by atoms with E-state index in [1.54, 1.807) is 0 Å². The molecule has 5 amide bonds. The molecule has 1 unspecified atom stereocenters. The summed E-state index contributed by atoms with van der Waals surface area (Å²) < 4.78 is 26.3. The number of rotatable bonds is 11. The van der Waals surface area contributed by atoms with E-state index in [0.29, 0.717) is 25.9 Å². The Bertz CT molecular complexity index is 1230. The van der Waals surface area contributed by atoms with Gasteiger partial charge in [-0.2, -0.15) is 4.31 Å². The zero-order chi connectivity index (χ0) is 33.2. The van der Waals surface area contributed by atoms with Crippen molar-refractivity contribution in [1.82, 2.24) is 30.5 Å². The predicted octanol–water partition coefficient (Wildman–Crippen LogP) is 0.988. The van der Waals surface area contributed by atoms with Crippen LogP contribution in [-0.4, -0.2) is 104 Å². The van der Waals surface area contributed by atoms with Gasteiger partial charge in [0.05, 0.1) is 11.8 Å². The average molecular weight is 641 g/mol. The van der Waals surface area contributed by atoms with Gasteiger partial charge >= 0.3 is 6.03 Å². The maximum atomic E-state index is 14.2. The number of hydrogen-bond donors (Lipinski definition) is 4. The number of hydrogen-bond acceptors (Lipinski definition) is 7. The second-order valence-electron chi connectivity index (χ2n) is 14.6. The van der Waals surface area contributed by atoms with Crippen LogP contribution in [0.5, 0.6) is 0 Å². The molecule has 3 fully saturated rings. The maximum absolute atomic E-state index is 14.2. The molecule has 3 rings (SSSR count). The molecule has 0 spiro atoms. The lowest BCUT2D eigenvalue weighted by Gasteiger charge is -2.38. The molecule has 6 atom stereocenters. The Labute approximate surface area is 262 Å². The number of Topliss-reactive ketones (excluding diaryl/α,β-unsaturated/α-hetero) is 1. The third kappa shape index (κ3) is 8.09. The lowest BCUT2D eigenvalue weighted by atomic mass is 9.73. The number of likely N-dealkylation sites (tertiary alicyclic amines) is 1. The zero-order valence-electron chi connectivity index (χ0n) is 27.5. The minimum atomic E-state index is -3.37. The van der Waals surface area contributed by atoms with Crippen LogP contribution < -0.4 is 21.3 Å². The fraction of sp³-hybridized carbons (Fsp3) is 0.833. The van der Waals surface area contributed by atoms with Gasteiger partial charge in [-0.05, 0) is 48.3 Å². The quantitative estimate of drug-likeness (QED) is 0.244. The second kappa shape index (κ2) is 13.7. The van der Waals surface area contributed by atoms with Gasteiger partial charge < -0.3 is 26.2 Å².